The number of hydroxylamine groups is 1. The van der Waals surface area contributed by atoms with Gasteiger partial charge in [0.25, 0.3) is 5.91 Å². The van der Waals surface area contributed by atoms with Crippen molar-refractivity contribution in [2.45, 2.75) is 200 Å². The number of hydrogen-bond donors (Lipinski definition) is 1. The Balaban J connectivity index is 3.05. The normalized spacial score (nSPS) is 11.3. The number of unbranched alkanes of at least 4 members (excludes halogenated alkanes) is 28. The van der Waals surface area contributed by atoms with Gasteiger partial charge in [-0.05, 0) is 6.42 Å². The maximum absolute atomic E-state index is 11.1. The molecule has 1 amide bonds. The van der Waals surface area contributed by atoms with Gasteiger partial charge in [-0.1, -0.05) is 187 Å². The Bertz CT molecular complexity index is 430. The molecule has 0 fully saturated rings. The fourth-order valence-corrected chi connectivity index (χ4v) is 5.30. The number of halogens is 1. The van der Waals surface area contributed by atoms with Gasteiger partial charge in [0, 0.05) is 18.2 Å². The van der Waals surface area contributed by atoms with Crippen molar-refractivity contribution >= 4 is 17.7 Å². The minimum atomic E-state index is -0.401. The molecule has 0 saturated carbocycles. The standard InChI is InChI=1S/C32H64ClNO2/c1-2-3-4-5-6-7-8-9-10-11-12-13-14-15-16-17-18-19-20-21-22-23-24-25-26-27-28-29-30-31-32(35)34(33)36/h36H,2-31H2,1H3. The van der Waals surface area contributed by atoms with E-state index in [2.05, 4.69) is 6.92 Å². The number of amides is 1. The lowest BCUT2D eigenvalue weighted by Crippen LogP contribution is -2.16. The van der Waals surface area contributed by atoms with Crippen LogP contribution in [-0.4, -0.2) is 15.7 Å². The molecule has 0 radical (unpaired) electrons. The molecule has 0 aliphatic rings. The summed E-state index contributed by atoms with van der Waals surface area (Å²) in [5, 5.41) is 8.78. The van der Waals surface area contributed by atoms with E-state index in [4.69, 9.17) is 17.0 Å². The Morgan fingerprint density at radius 3 is 0.833 bits per heavy atom. The van der Waals surface area contributed by atoms with Gasteiger partial charge in [0.15, 0.2) is 0 Å². The van der Waals surface area contributed by atoms with Crippen molar-refractivity contribution < 1.29 is 10.0 Å². The minimum absolute atomic E-state index is 0.182. The second-order valence-corrected chi connectivity index (χ2v) is 11.6. The third kappa shape index (κ3) is 29.9. The van der Waals surface area contributed by atoms with Crippen LogP contribution in [0.15, 0.2) is 0 Å². The summed E-state index contributed by atoms with van der Waals surface area (Å²) in [6, 6.07) is 0. The molecule has 0 aromatic rings. The van der Waals surface area contributed by atoms with Gasteiger partial charge < -0.3 is 0 Å². The summed E-state index contributed by atoms with van der Waals surface area (Å²) < 4.78 is 0.182. The van der Waals surface area contributed by atoms with Gasteiger partial charge in [-0.15, -0.1) is 4.58 Å². The Morgan fingerprint density at radius 2 is 0.639 bits per heavy atom. The van der Waals surface area contributed by atoms with Crippen LogP contribution in [0.5, 0.6) is 0 Å². The zero-order chi connectivity index (χ0) is 26.4. The number of carbonyl (C=O) groups is 1. The first-order chi connectivity index (χ1) is 17.7. The quantitative estimate of drug-likeness (QED) is 0.0434. The van der Waals surface area contributed by atoms with Crippen molar-refractivity contribution in [2.75, 3.05) is 0 Å². The molecule has 0 atom stereocenters. The van der Waals surface area contributed by atoms with Crippen LogP contribution in [0.4, 0.5) is 0 Å². The second-order valence-electron chi connectivity index (χ2n) is 11.3. The summed E-state index contributed by atoms with van der Waals surface area (Å²) in [5.74, 6) is -0.401. The van der Waals surface area contributed by atoms with Crippen LogP contribution in [0.3, 0.4) is 0 Å². The van der Waals surface area contributed by atoms with E-state index in [0.717, 1.165) is 12.8 Å². The lowest BCUT2D eigenvalue weighted by Gasteiger charge is -2.05. The summed E-state index contributed by atoms with van der Waals surface area (Å²) in [5.41, 5.74) is 0. The van der Waals surface area contributed by atoms with Gasteiger partial charge in [0.2, 0.25) is 0 Å². The molecule has 0 spiro atoms. The smallest absolute Gasteiger partial charge is 0.261 e. The molecule has 0 aliphatic heterocycles. The van der Waals surface area contributed by atoms with E-state index in [1.54, 1.807) is 0 Å². The molecule has 0 aliphatic carbocycles. The van der Waals surface area contributed by atoms with E-state index in [1.807, 2.05) is 0 Å². The highest BCUT2D eigenvalue weighted by Crippen LogP contribution is 2.16. The number of carbonyl (C=O) groups excluding carboxylic acids is 1. The molecule has 1 N–H and O–H groups in total. The van der Waals surface area contributed by atoms with Crippen molar-refractivity contribution in [3.8, 4) is 0 Å². The zero-order valence-electron chi connectivity index (χ0n) is 24.4. The summed E-state index contributed by atoms with van der Waals surface area (Å²) >= 11 is 5.19. The molecular formula is C32H64ClNO2. The van der Waals surface area contributed by atoms with Crippen molar-refractivity contribution in [3.63, 3.8) is 0 Å². The lowest BCUT2D eigenvalue weighted by atomic mass is 10.0. The third-order valence-corrected chi connectivity index (χ3v) is 7.89. The van der Waals surface area contributed by atoms with Gasteiger partial charge in [-0.3, -0.25) is 10.0 Å². The van der Waals surface area contributed by atoms with Crippen molar-refractivity contribution in [1.82, 2.24) is 4.58 Å². The third-order valence-electron chi connectivity index (χ3n) is 7.70. The second kappa shape index (κ2) is 30.9. The fraction of sp³-hybridized carbons (Fsp3) is 0.969. The summed E-state index contributed by atoms with van der Waals surface area (Å²) in [6.07, 6.45) is 40.6. The van der Waals surface area contributed by atoms with Crippen LogP contribution < -0.4 is 0 Å². The van der Waals surface area contributed by atoms with Crippen LogP contribution in [0.2, 0.25) is 0 Å². The first-order valence-corrected chi connectivity index (χ1v) is 16.7. The molecule has 0 rings (SSSR count). The first kappa shape index (κ1) is 35.7. The van der Waals surface area contributed by atoms with Crippen molar-refractivity contribution in [2.24, 2.45) is 0 Å². The van der Waals surface area contributed by atoms with E-state index >= 15 is 0 Å². The molecule has 4 heteroatoms. The Labute approximate surface area is 231 Å². The molecular weight excluding hydrogens is 466 g/mol. The lowest BCUT2D eigenvalue weighted by molar-refractivity contribution is -0.146. The largest absolute Gasteiger partial charge is 0.271 e. The van der Waals surface area contributed by atoms with Gasteiger partial charge in [0.05, 0.1) is 0 Å². The van der Waals surface area contributed by atoms with Gasteiger partial charge in [0.1, 0.15) is 0 Å². The van der Waals surface area contributed by atoms with E-state index in [0.29, 0.717) is 6.42 Å². The number of hydrogen-bond acceptors (Lipinski definition) is 2. The Kier molecular flexibility index (Phi) is 30.7. The highest BCUT2D eigenvalue weighted by molar-refractivity contribution is 6.19. The molecule has 216 valence electrons. The monoisotopic (exact) mass is 529 g/mol. The predicted molar refractivity (Wildman–Crippen MR) is 159 cm³/mol. The van der Waals surface area contributed by atoms with Crippen molar-refractivity contribution in [1.29, 1.82) is 0 Å². The summed E-state index contributed by atoms with van der Waals surface area (Å²) in [4.78, 5) is 11.1. The van der Waals surface area contributed by atoms with Gasteiger partial charge in [-0.2, -0.15) is 0 Å². The predicted octanol–water partition coefficient (Wildman–Crippen LogP) is 12.1. The van der Waals surface area contributed by atoms with Gasteiger partial charge >= 0.3 is 0 Å². The Morgan fingerprint density at radius 1 is 0.444 bits per heavy atom. The van der Waals surface area contributed by atoms with E-state index in [1.165, 1.54) is 173 Å². The number of rotatable bonds is 30. The molecule has 0 unspecified atom stereocenters. The summed E-state index contributed by atoms with van der Waals surface area (Å²) in [7, 11) is 0. The zero-order valence-corrected chi connectivity index (χ0v) is 25.1. The van der Waals surface area contributed by atoms with Crippen LogP contribution in [0.1, 0.15) is 200 Å². The topological polar surface area (TPSA) is 40.5 Å². The molecule has 0 aromatic heterocycles. The van der Waals surface area contributed by atoms with Crippen molar-refractivity contribution in [3.05, 3.63) is 0 Å². The first-order valence-electron chi connectivity index (χ1n) is 16.4. The van der Waals surface area contributed by atoms with Crippen LogP contribution in [0.25, 0.3) is 0 Å². The fourth-order valence-electron chi connectivity index (χ4n) is 5.21. The molecule has 0 aromatic carbocycles. The highest BCUT2D eigenvalue weighted by Gasteiger charge is 2.06. The van der Waals surface area contributed by atoms with E-state index in [9.17, 15) is 4.79 Å². The molecule has 3 nitrogen and oxygen atoms in total. The average Bonchev–Trinajstić information content (AvgIpc) is 2.87. The summed E-state index contributed by atoms with van der Waals surface area (Å²) in [6.45, 7) is 2.30. The molecule has 0 saturated heterocycles. The highest BCUT2D eigenvalue weighted by atomic mass is 35.5. The van der Waals surface area contributed by atoms with E-state index in [-0.39, 0.29) is 4.58 Å². The van der Waals surface area contributed by atoms with Gasteiger partial charge in [-0.25, -0.2) is 0 Å². The Hall–Kier alpha value is -0.280. The maximum atomic E-state index is 11.1. The SMILES string of the molecule is CCCCCCCCCCCCCCCCCCCCCCCCCCCCCCCC(=O)N(O)Cl. The van der Waals surface area contributed by atoms with Crippen LogP contribution >= 0.6 is 11.8 Å². The maximum Gasteiger partial charge on any atom is 0.261 e. The molecule has 0 heterocycles. The molecule has 36 heavy (non-hydrogen) atoms. The number of nitrogens with zero attached hydrogens (tertiary/aromatic N) is 1. The van der Waals surface area contributed by atoms with E-state index < -0.39 is 5.91 Å². The average molecular weight is 530 g/mol. The van der Waals surface area contributed by atoms with Crippen LogP contribution in [0, 0.1) is 0 Å². The minimum Gasteiger partial charge on any atom is -0.271 e. The molecule has 0 bridgehead atoms. The van der Waals surface area contributed by atoms with Crippen LogP contribution in [-0.2, 0) is 4.79 Å².